The molecule has 0 radical (unpaired) electrons. The predicted molar refractivity (Wildman–Crippen MR) is 72.9 cm³/mol. The minimum atomic E-state index is 0.323. The second kappa shape index (κ2) is 5.74. The van der Waals surface area contributed by atoms with E-state index in [2.05, 4.69) is 17.4 Å². The van der Waals surface area contributed by atoms with E-state index in [9.17, 15) is 0 Å². The Labute approximate surface area is 108 Å². The first kappa shape index (κ1) is 12.7. The van der Waals surface area contributed by atoms with Crippen molar-refractivity contribution >= 4 is 17.3 Å². The van der Waals surface area contributed by atoms with Crippen molar-refractivity contribution in [3.8, 4) is 0 Å². The van der Waals surface area contributed by atoms with Crippen LogP contribution in [-0.4, -0.2) is 19.3 Å². The van der Waals surface area contributed by atoms with Crippen molar-refractivity contribution < 1.29 is 4.74 Å². The Morgan fingerprint density at radius 3 is 2.76 bits per heavy atom. The van der Waals surface area contributed by atoms with E-state index < -0.39 is 0 Å². The lowest BCUT2D eigenvalue weighted by Gasteiger charge is -2.31. The number of halogens is 1. The molecule has 1 N–H and O–H groups in total. The quantitative estimate of drug-likeness (QED) is 0.879. The van der Waals surface area contributed by atoms with Crippen LogP contribution in [0.5, 0.6) is 0 Å². The van der Waals surface area contributed by atoms with Crippen LogP contribution in [0.3, 0.4) is 0 Å². The maximum atomic E-state index is 6.13. The molecule has 1 aromatic rings. The molecule has 0 saturated heterocycles. The highest BCUT2D eigenvalue weighted by Crippen LogP contribution is 2.26. The van der Waals surface area contributed by atoms with Gasteiger partial charge in [-0.15, -0.1) is 0 Å². The molecule has 0 amide bonds. The number of nitrogens with one attached hydrogen (secondary N) is 1. The number of rotatable bonds is 3. The van der Waals surface area contributed by atoms with Crippen LogP contribution in [0.25, 0.3) is 0 Å². The smallest absolute Gasteiger partial charge is 0.0772 e. The first-order chi connectivity index (χ1) is 8.20. The van der Waals surface area contributed by atoms with Crippen LogP contribution in [0.4, 0.5) is 5.69 Å². The molecule has 0 heterocycles. The highest BCUT2D eigenvalue weighted by atomic mass is 35.5. The van der Waals surface area contributed by atoms with Gasteiger partial charge in [-0.05, 0) is 37.5 Å². The van der Waals surface area contributed by atoms with E-state index in [1.807, 2.05) is 13.0 Å². The first-order valence-corrected chi connectivity index (χ1v) is 6.64. The third-order valence-corrected chi connectivity index (χ3v) is 3.94. The zero-order valence-electron chi connectivity index (χ0n) is 10.5. The Morgan fingerprint density at radius 2 is 2.06 bits per heavy atom. The van der Waals surface area contributed by atoms with Crippen molar-refractivity contribution in [2.75, 3.05) is 12.4 Å². The fourth-order valence-corrected chi connectivity index (χ4v) is 2.62. The minimum Gasteiger partial charge on any atom is -0.380 e. The van der Waals surface area contributed by atoms with Crippen molar-refractivity contribution in [2.24, 2.45) is 0 Å². The molecule has 0 bridgehead atoms. The Bertz CT molecular complexity index is 380. The van der Waals surface area contributed by atoms with Crippen LogP contribution in [0.15, 0.2) is 18.2 Å². The van der Waals surface area contributed by atoms with Gasteiger partial charge in [0.15, 0.2) is 0 Å². The average molecular weight is 254 g/mol. The molecule has 17 heavy (non-hydrogen) atoms. The molecular formula is C14H20ClNO. The maximum absolute atomic E-state index is 6.13. The highest BCUT2D eigenvalue weighted by Gasteiger charge is 2.24. The number of ether oxygens (including phenoxy) is 1. The monoisotopic (exact) mass is 253 g/mol. The van der Waals surface area contributed by atoms with Crippen LogP contribution >= 0.6 is 11.6 Å². The van der Waals surface area contributed by atoms with Gasteiger partial charge in [-0.25, -0.2) is 0 Å². The maximum Gasteiger partial charge on any atom is 0.0772 e. The normalized spacial score (nSPS) is 24.6. The van der Waals surface area contributed by atoms with Crippen molar-refractivity contribution in [1.29, 1.82) is 0 Å². The van der Waals surface area contributed by atoms with Crippen LogP contribution in [-0.2, 0) is 4.74 Å². The summed E-state index contributed by atoms with van der Waals surface area (Å²) in [6, 6.07) is 6.54. The predicted octanol–water partition coefficient (Wildman–Crippen LogP) is 4.02. The summed E-state index contributed by atoms with van der Waals surface area (Å²) in [5.74, 6) is 0. The fourth-order valence-electron chi connectivity index (χ4n) is 2.44. The van der Waals surface area contributed by atoms with Gasteiger partial charge < -0.3 is 10.1 Å². The lowest BCUT2D eigenvalue weighted by Crippen LogP contribution is -2.37. The molecule has 1 aliphatic rings. The van der Waals surface area contributed by atoms with E-state index in [1.165, 1.54) is 19.3 Å². The van der Waals surface area contributed by atoms with Crippen LogP contribution < -0.4 is 5.32 Å². The molecule has 1 aliphatic carbocycles. The summed E-state index contributed by atoms with van der Waals surface area (Å²) >= 11 is 6.13. The zero-order valence-corrected chi connectivity index (χ0v) is 11.3. The summed E-state index contributed by atoms with van der Waals surface area (Å²) in [5.41, 5.74) is 2.21. The Balaban J connectivity index is 2.05. The second-order valence-electron chi connectivity index (χ2n) is 4.77. The van der Waals surface area contributed by atoms with Gasteiger partial charge in [0.25, 0.3) is 0 Å². The van der Waals surface area contributed by atoms with Gasteiger partial charge >= 0.3 is 0 Å². The molecule has 3 heteroatoms. The topological polar surface area (TPSA) is 21.3 Å². The molecule has 1 saturated carbocycles. The zero-order chi connectivity index (χ0) is 12.3. The van der Waals surface area contributed by atoms with Gasteiger partial charge in [0.05, 0.1) is 12.1 Å². The number of methoxy groups -OCH3 is 1. The summed E-state index contributed by atoms with van der Waals surface area (Å²) < 4.78 is 5.53. The largest absolute Gasteiger partial charge is 0.380 e. The van der Waals surface area contributed by atoms with E-state index in [4.69, 9.17) is 16.3 Å². The third-order valence-electron chi connectivity index (χ3n) is 3.53. The van der Waals surface area contributed by atoms with E-state index in [0.717, 1.165) is 22.7 Å². The lowest BCUT2D eigenvalue weighted by molar-refractivity contribution is 0.0606. The molecule has 2 unspecified atom stereocenters. The van der Waals surface area contributed by atoms with Gasteiger partial charge in [-0.2, -0.15) is 0 Å². The molecule has 0 aliphatic heterocycles. The number of aryl methyl sites for hydroxylation is 1. The average Bonchev–Trinajstić information content (AvgIpc) is 2.34. The lowest BCUT2D eigenvalue weighted by atomic mass is 9.92. The number of hydrogen-bond donors (Lipinski definition) is 1. The molecule has 94 valence electrons. The van der Waals surface area contributed by atoms with Crippen molar-refractivity contribution in [1.82, 2.24) is 0 Å². The van der Waals surface area contributed by atoms with E-state index >= 15 is 0 Å². The van der Waals surface area contributed by atoms with E-state index in [-0.39, 0.29) is 0 Å². The standard InChI is InChI=1S/C14H20ClNO/c1-10-7-8-11(9-12(10)15)16-13-5-3-4-6-14(13)17-2/h7-9,13-14,16H,3-6H2,1-2H3. The third kappa shape index (κ3) is 3.14. The molecule has 1 fully saturated rings. The second-order valence-corrected chi connectivity index (χ2v) is 5.18. The Hall–Kier alpha value is -0.730. The summed E-state index contributed by atoms with van der Waals surface area (Å²) in [6.07, 6.45) is 5.18. The molecule has 2 rings (SSSR count). The SMILES string of the molecule is COC1CCCCC1Nc1ccc(C)c(Cl)c1. The van der Waals surface area contributed by atoms with E-state index in [0.29, 0.717) is 12.1 Å². The summed E-state index contributed by atoms with van der Waals surface area (Å²) in [4.78, 5) is 0. The Morgan fingerprint density at radius 1 is 1.29 bits per heavy atom. The number of benzene rings is 1. The van der Waals surface area contributed by atoms with Crippen molar-refractivity contribution in [2.45, 2.75) is 44.8 Å². The fraction of sp³-hybridized carbons (Fsp3) is 0.571. The van der Waals surface area contributed by atoms with Gasteiger partial charge in [-0.1, -0.05) is 30.5 Å². The van der Waals surface area contributed by atoms with Crippen LogP contribution in [0, 0.1) is 6.92 Å². The van der Waals surface area contributed by atoms with Crippen molar-refractivity contribution in [3.63, 3.8) is 0 Å². The highest BCUT2D eigenvalue weighted by molar-refractivity contribution is 6.31. The molecule has 2 atom stereocenters. The summed E-state index contributed by atoms with van der Waals surface area (Å²) in [7, 11) is 1.80. The molecule has 2 nitrogen and oxygen atoms in total. The number of hydrogen-bond acceptors (Lipinski definition) is 2. The van der Waals surface area contributed by atoms with Gasteiger partial charge in [-0.3, -0.25) is 0 Å². The number of anilines is 1. The van der Waals surface area contributed by atoms with Gasteiger partial charge in [0.1, 0.15) is 0 Å². The first-order valence-electron chi connectivity index (χ1n) is 6.26. The molecular weight excluding hydrogens is 234 g/mol. The molecule has 1 aromatic carbocycles. The van der Waals surface area contributed by atoms with Crippen molar-refractivity contribution in [3.05, 3.63) is 28.8 Å². The Kier molecular flexibility index (Phi) is 4.30. The van der Waals surface area contributed by atoms with Gasteiger partial charge in [0, 0.05) is 17.8 Å². The van der Waals surface area contributed by atoms with E-state index in [1.54, 1.807) is 7.11 Å². The molecule has 0 aromatic heterocycles. The van der Waals surface area contributed by atoms with Gasteiger partial charge in [0.2, 0.25) is 0 Å². The molecule has 0 spiro atoms. The van der Waals surface area contributed by atoms with Crippen LogP contribution in [0.1, 0.15) is 31.2 Å². The van der Waals surface area contributed by atoms with Crippen LogP contribution in [0.2, 0.25) is 5.02 Å². The summed E-state index contributed by atoms with van der Waals surface area (Å²) in [5, 5.41) is 4.36. The summed E-state index contributed by atoms with van der Waals surface area (Å²) in [6.45, 7) is 2.02. The minimum absolute atomic E-state index is 0.323.